The van der Waals surface area contributed by atoms with Crippen molar-refractivity contribution < 1.29 is 0 Å². The molecule has 0 aromatic carbocycles. The van der Waals surface area contributed by atoms with Crippen LogP contribution < -0.4 is 16.8 Å². The topological polar surface area (TPSA) is 106 Å². The minimum absolute atomic E-state index is 0.333. The Balaban J connectivity index is 2.02. The lowest BCUT2D eigenvalue weighted by Crippen LogP contribution is -2.05. The maximum Gasteiger partial charge on any atom is 0.149 e. The Kier molecular flexibility index (Phi) is 2.40. The Morgan fingerprint density at radius 3 is 2.87 bits per heavy atom. The molecular weight excluding hydrogens is 192 g/mol. The minimum atomic E-state index is 0.333. The molecule has 0 unspecified atom stereocenters. The molecule has 2 rings (SSSR count). The van der Waals surface area contributed by atoms with Crippen molar-refractivity contribution in [2.75, 3.05) is 16.8 Å². The van der Waals surface area contributed by atoms with Crippen molar-refractivity contribution in [1.82, 2.24) is 15.0 Å². The van der Waals surface area contributed by atoms with E-state index in [0.717, 1.165) is 5.82 Å². The van der Waals surface area contributed by atoms with Crippen LogP contribution in [0, 0.1) is 0 Å². The second kappa shape index (κ2) is 3.87. The molecule has 0 aliphatic carbocycles. The van der Waals surface area contributed by atoms with Gasteiger partial charge in [-0.15, -0.1) is 0 Å². The Morgan fingerprint density at radius 1 is 1.33 bits per heavy atom. The van der Waals surface area contributed by atoms with Crippen LogP contribution in [0.25, 0.3) is 0 Å². The summed E-state index contributed by atoms with van der Waals surface area (Å²) in [5, 5.41) is 3.07. The molecule has 0 amide bonds. The van der Waals surface area contributed by atoms with Gasteiger partial charge in [-0.25, -0.2) is 9.97 Å². The highest BCUT2D eigenvalue weighted by atomic mass is 15.0. The van der Waals surface area contributed by atoms with E-state index in [4.69, 9.17) is 11.5 Å². The largest absolute Gasteiger partial charge is 0.396 e. The molecule has 6 N–H and O–H groups in total. The summed E-state index contributed by atoms with van der Waals surface area (Å²) in [6.07, 6.45) is 3.46. The monoisotopic (exact) mass is 204 g/mol. The first kappa shape index (κ1) is 9.32. The normalized spacial score (nSPS) is 10.1. The van der Waals surface area contributed by atoms with Gasteiger partial charge in [0.15, 0.2) is 0 Å². The predicted molar refractivity (Wildman–Crippen MR) is 59.0 cm³/mol. The van der Waals surface area contributed by atoms with E-state index < -0.39 is 0 Å². The highest BCUT2D eigenvalue weighted by Crippen LogP contribution is 2.14. The third-order valence-electron chi connectivity index (χ3n) is 1.95. The van der Waals surface area contributed by atoms with E-state index in [-0.39, 0.29) is 0 Å². The number of hydrogen-bond acceptors (Lipinski definition) is 5. The smallest absolute Gasteiger partial charge is 0.149 e. The van der Waals surface area contributed by atoms with Crippen LogP contribution in [0.1, 0.15) is 5.82 Å². The number of pyridine rings is 1. The summed E-state index contributed by atoms with van der Waals surface area (Å²) < 4.78 is 0. The first-order chi connectivity index (χ1) is 7.25. The van der Waals surface area contributed by atoms with Gasteiger partial charge in [0.1, 0.15) is 17.5 Å². The van der Waals surface area contributed by atoms with Gasteiger partial charge < -0.3 is 21.8 Å². The first-order valence-corrected chi connectivity index (χ1v) is 4.50. The average Bonchev–Trinajstić information content (AvgIpc) is 2.73. The minimum Gasteiger partial charge on any atom is -0.396 e. The van der Waals surface area contributed by atoms with E-state index in [1.165, 1.54) is 0 Å². The molecule has 6 heteroatoms. The third-order valence-corrected chi connectivity index (χ3v) is 1.95. The van der Waals surface area contributed by atoms with Gasteiger partial charge >= 0.3 is 0 Å². The quantitative estimate of drug-likeness (QED) is 0.585. The highest BCUT2D eigenvalue weighted by molar-refractivity contribution is 5.61. The molecule has 6 nitrogen and oxygen atoms in total. The zero-order chi connectivity index (χ0) is 10.7. The molecule has 0 saturated carbocycles. The zero-order valence-electron chi connectivity index (χ0n) is 8.07. The van der Waals surface area contributed by atoms with Crippen LogP contribution in [0.2, 0.25) is 0 Å². The second-order valence-corrected chi connectivity index (χ2v) is 3.06. The van der Waals surface area contributed by atoms with Crippen molar-refractivity contribution in [2.45, 2.75) is 6.54 Å². The summed E-state index contributed by atoms with van der Waals surface area (Å²) in [5.41, 5.74) is 11.6. The van der Waals surface area contributed by atoms with Crippen molar-refractivity contribution in [2.24, 2.45) is 0 Å². The van der Waals surface area contributed by atoms with Crippen LogP contribution in [0.4, 0.5) is 17.3 Å². The number of nitrogens with one attached hydrogen (secondary N) is 2. The fourth-order valence-corrected chi connectivity index (χ4v) is 1.15. The maximum atomic E-state index is 5.57. The van der Waals surface area contributed by atoms with Gasteiger partial charge in [0.2, 0.25) is 0 Å². The number of imidazole rings is 1. The summed E-state index contributed by atoms with van der Waals surface area (Å²) in [7, 11) is 0. The van der Waals surface area contributed by atoms with Gasteiger partial charge in [-0.05, 0) is 12.1 Å². The van der Waals surface area contributed by atoms with E-state index in [0.29, 0.717) is 23.9 Å². The summed E-state index contributed by atoms with van der Waals surface area (Å²) in [6, 6.07) is 3.49. The Bertz CT molecular complexity index is 436. The maximum absolute atomic E-state index is 5.57. The van der Waals surface area contributed by atoms with Crippen molar-refractivity contribution in [3.63, 3.8) is 0 Å². The van der Waals surface area contributed by atoms with Gasteiger partial charge in [-0.1, -0.05) is 0 Å². The number of anilines is 3. The van der Waals surface area contributed by atoms with Crippen LogP contribution >= 0.6 is 0 Å². The molecule has 15 heavy (non-hydrogen) atoms. The van der Waals surface area contributed by atoms with Gasteiger partial charge in [-0.2, -0.15) is 0 Å². The predicted octanol–water partition coefficient (Wildman–Crippen LogP) is 0.581. The Labute approximate surface area is 86.7 Å². The molecular formula is C9H12N6. The van der Waals surface area contributed by atoms with E-state index >= 15 is 0 Å². The van der Waals surface area contributed by atoms with Crippen LogP contribution in [0.15, 0.2) is 24.5 Å². The van der Waals surface area contributed by atoms with Crippen molar-refractivity contribution in [3.05, 3.63) is 30.4 Å². The molecule has 2 aromatic rings. The molecule has 0 aliphatic heterocycles. The van der Waals surface area contributed by atoms with Crippen LogP contribution in [0.3, 0.4) is 0 Å². The highest BCUT2D eigenvalue weighted by Gasteiger charge is 1.99. The lowest BCUT2D eigenvalue weighted by atomic mass is 10.4. The van der Waals surface area contributed by atoms with E-state index in [1.807, 2.05) is 0 Å². The molecule has 0 fully saturated rings. The van der Waals surface area contributed by atoms with Crippen molar-refractivity contribution >= 4 is 17.3 Å². The molecule has 0 radical (unpaired) electrons. The number of aromatic amines is 1. The van der Waals surface area contributed by atoms with Crippen molar-refractivity contribution in [1.29, 1.82) is 0 Å². The molecule has 78 valence electrons. The third kappa shape index (κ3) is 2.16. The SMILES string of the molecule is Nc1ccc(NCc2ncc[nH]2)nc1N. The lowest BCUT2D eigenvalue weighted by Gasteiger charge is -2.05. The summed E-state index contributed by atoms with van der Waals surface area (Å²) in [6.45, 7) is 0.573. The van der Waals surface area contributed by atoms with Crippen LogP contribution in [0.5, 0.6) is 0 Å². The van der Waals surface area contributed by atoms with Gasteiger partial charge in [0.05, 0.1) is 12.2 Å². The van der Waals surface area contributed by atoms with Crippen LogP contribution in [-0.4, -0.2) is 15.0 Å². The second-order valence-electron chi connectivity index (χ2n) is 3.06. The molecule has 0 atom stereocenters. The Morgan fingerprint density at radius 2 is 2.20 bits per heavy atom. The average molecular weight is 204 g/mol. The molecule has 0 aliphatic rings. The van der Waals surface area contributed by atoms with E-state index in [1.54, 1.807) is 24.5 Å². The summed E-state index contributed by atoms with van der Waals surface area (Å²) in [5.74, 6) is 1.85. The molecule has 0 spiro atoms. The van der Waals surface area contributed by atoms with Gasteiger partial charge in [-0.3, -0.25) is 0 Å². The molecule has 2 heterocycles. The number of hydrogen-bond donors (Lipinski definition) is 4. The number of aromatic nitrogens is 3. The van der Waals surface area contributed by atoms with Crippen LogP contribution in [-0.2, 0) is 6.54 Å². The number of nitrogens with zero attached hydrogens (tertiary/aromatic N) is 2. The van der Waals surface area contributed by atoms with Gasteiger partial charge in [0, 0.05) is 12.4 Å². The number of nitrogen functional groups attached to an aromatic ring is 2. The number of H-pyrrole nitrogens is 1. The first-order valence-electron chi connectivity index (χ1n) is 4.50. The Hall–Kier alpha value is -2.24. The molecule has 0 bridgehead atoms. The summed E-state index contributed by atoms with van der Waals surface area (Å²) in [4.78, 5) is 11.1. The standard InChI is InChI=1S/C9H12N6/c10-6-1-2-7(15-9(6)11)14-5-8-12-3-4-13-8/h1-4H,5,10H2,(H,12,13)(H3,11,14,15). The van der Waals surface area contributed by atoms with Gasteiger partial charge in [0.25, 0.3) is 0 Å². The fourth-order valence-electron chi connectivity index (χ4n) is 1.15. The van der Waals surface area contributed by atoms with E-state index in [2.05, 4.69) is 20.3 Å². The molecule has 0 saturated heterocycles. The van der Waals surface area contributed by atoms with E-state index in [9.17, 15) is 0 Å². The lowest BCUT2D eigenvalue weighted by molar-refractivity contribution is 0.989. The summed E-state index contributed by atoms with van der Waals surface area (Å²) >= 11 is 0. The molecule has 2 aromatic heterocycles. The zero-order valence-corrected chi connectivity index (χ0v) is 8.07. The fraction of sp³-hybridized carbons (Fsp3) is 0.111. The number of rotatable bonds is 3. The number of nitrogens with two attached hydrogens (primary N) is 2. The van der Waals surface area contributed by atoms with Crippen molar-refractivity contribution in [3.8, 4) is 0 Å².